The van der Waals surface area contributed by atoms with E-state index < -0.39 is 0 Å². The number of ether oxygens (including phenoxy) is 1. The smallest absolute Gasteiger partial charge is 0.221 e. The molecule has 18 heavy (non-hydrogen) atoms. The van der Waals surface area contributed by atoms with Gasteiger partial charge in [-0.05, 0) is 19.3 Å². The molecule has 2 rings (SSSR count). The van der Waals surface area contributed by atoms with Crippen LogP contribution >= 0.6 is 0 Å². The molecule has 0 aromatic carbocycles. The third-order valence-corrected chi connectivity index (χ3v) is 3.78. The van der Waals surface area contributed by atoms with Crippen molar-refractivity contribution in [3.8, 4) is 0 Å². The van der Waals surface area contributed by atoms with Gasteiger partial charge in [0.15, 0.2) is 0 Å². The van der Waals surface area contributed by atoms with E-state index in [4.69, 9.17) is 10.5 Å². The average Bonchev–Trinajstić information content (AvgIpc) is 3.20. The molecule has 0 aromatic heterocycles. The summed E-state index contributed by atoms with van der Waals surface area (Å²) >= 11 is 0. The lowest BCUT2D eigenvalue weighted by atomic mass is 10.1. The van der Waals surface area contributed by atoms with Crippen LogP contribution in [0.15, 0.2) is 0 Å². The molecule has 5 heteroatoms. The first-order valence-corrected chi connectivity index (χ1v) is 7.08. The second-order valence-electron chi connectivity index (χ2n) is 5.33. The number of nitrogens with one attached hydrogen (secondary N) is 1. The third-order valence-electron chi connectivity index (χ3n) is 3.78. The zero-order valence-corrected chi connectivity index (χ0v) is 11.2. The second-order valence-corrected chi connectivity index (χ2v) is 5.33. The van der Waals surface area contributed by atoms with Crippen LogP contribution in [0.1, 0.15) is 32.6 Å². The summed E-state index contributed by atoms with van der Waals surface area (Å²) in [6, 6.07) is 0.589. The minimum absolute atomic E-state index is 0.146. The molecule has 3 N–H and O–H groups in total. The predicted octanol–water partition coefficient (Wildman–Crippen LogP) is 0.0932. The highest BCUT2D eigenvalue weighted by Gasteiger charge is 2.28. The van der Waals surface area contributed by atoms with Crippen LogP contribution in [0.2, 0.25) is 0 Å². The fourth-order valence-electron chi connectivity index (χ4n) is 2.41. The van der Waals surface area contributed by atoms with Crippen LogP contribution in [0.4, 0.5) is 0 Å². The van der Waals surface area contributed by atoms with E-state index in [-0.39, 0.29) is 11.9 Å². The van der Waals surface area contributed by atoms with Crippen LogP contribution < -0.4 is 11.1 Å². The van der Waals surface area contributed by atoms with E-state index in [0.717, 1.165) is 39.0 Å². The van der Waals surface area contributed by atoms with Crippen LogP contribution in [0, 0.1) is 0 Å². The minimum atomic E-state index is 0.146. The number of hydrogen-bond acceptors (Lipinski definition) is 4. The fourth-order valence-corrected chi connectivity index (χ4v) is 2.41. The van der Waals surface area contributed by atoms with Gasteiger partial charge in [-0.15, -0.1) is 0 Å². The molecule has 2 atom stereocenters. The Morgan fingerprint density at radius 3 is 2.94 bits per heavy atom. The minimum Gasteiger partial charge on any atom is -0.376 e. The molecule has 1 aliphatic carbocycles. The molecule has 1 saturated carbocycles. The number of morpholine rings is 1. The number of nitrogens with two attached hydrogens (primary N) is 1. The number of carbonyl (C=O) groups excluding carboxylic acids is 1. The lowest BCUT2D eigenvalue weighted by molar-refractivity contribution is -0.123. The maximum absolute atomic E-state index is 11.8. The van der Waals surface area contributed by atoms with Crippen LogP contribution in [0.25, 0.3) is 0 Å². The summed E-state index contributed by atoms with van der Waals surface area (Å²) in [7, 11) is 0. The second kappa shape index (κ2) is 6.50. The summed E-state index contributed by atoms with van der Waals surface area (Å²) in [5.41, 5.74) is 5.82. The highest BCUT2D eigenvalue weighted by Crippen LogP contribution is 2.19. The standard InChI is InChI=1S/C13H25N3O2/c1-2-12-9-16(5-6-18-12)11(8-14)7-13(17)15-10-3-4-10/h10-12H,2-9,14H2,1H3,(H,15,17). The van der Waals surface area contributed by atoms with Gasteiger partial charge in [-0.1, -0.05) is 6.92 Å². The first kappa shape index (κ1) is 13.8. The quantitative estimate of drug-likeness (QED) is 0.706. The van der Waals surface area contributed by atoms with Gasteiger partial charge in [0.25, 0.3) is 0 Å². The Bertz CT molecular complexity index is 281. The Balaban J connectivity index is 1.80. The van der Waals surface area contributed by atoms with E-state index in [2.05, 4.69) is 17.1 Å². The number of rotatable bonds is 6. The molecule has 5 nitrogen and oxygen atoms in total. The molecule has 1 saturated heterocycles. The van der Waals surface area contributed by atoms with Gasteiger partial charge in [-0.3, -0.25) is 9.69 Å². The number of nitrogens with zero attached hydrogens (tertiary/aromatic N) is 1. The zero-order valence-electron chi connectivity index (χ0n) is 11.2. The Morgan fingerprint density at radius 1 is 1.56 bits per heavy atom. The molecule has 1 aliphatic heterocycles. The first-order chi connectivity index (χ1) is 8.72. The van der Waals surface area contributed by atoms with Gasteiger partial charge in [-0.2, -0.15) is 0 Å². The van der Waals surface area contributed by atoms with Gasteiger partial charge in [0, 0.05) is 38.1 Å². The number of amides is 1. The summed E-state index contributed by atoms with van der Waals surface area (Å²) in [4.78, 5) is 14.1. The largest absolute Gasteiger partial charge is 0.376 e. The maximum Gasteiger partial charge on any atom is 0.221 e. The summed E-state index contributed by atoms with van der Waals surface area (Å²) in [6.07, 6.45) is 4.09. The van der Waals surface area contributed by atoms with Gasteiger partial charge in [0.2, 0.25) is 5.91 Å². The Morgan fingerprint density at radius 2 is 2.33 bits per heavy atom. The zero-order chi connectivity index (χ0) is 13.0. The molecular formula is C13H25N3O2. The van der Waals surface area contributed by atoms with Crippen molar-refractivity contribution in [1.29, 1.82) is 0 Å². The van der Waals surface area contributed by atoms with Gasteiger partial charge < -0.3 is 15.8 Å². The Hall–Kier alpha value is -0.650. The van der Waals surface area contributed by atoms with Crippen LogP contribution in [-0.4, -0.2) is 55.2 Å². The lowest BCUT2D eigenvalue weighted by Crippen LogP contribution is -2.51. The fraction of sp³-hybridized carbons (Fsp3) is 0.923. The monoisotopic (exact) mass is 255 g/mol. The van der Waals surface area contributed by atoms with Gasteiger partial charge >= 0.3 is 0 Å². The first-order valence-electron chi connectivity index (χ1n) is 7.08. The topological polar surface area (TPSA) is 67.6 Å². The summed E-state index contributed by atoms with van der Waals surface area (Å²) in [5, 5.41) is 3.03. The van der Waals surface area contributed by atoms with Crippen molar-refractivity contribution in [2.45, 2.75) is 50.8 Å². The van der Waals surface area contributed by atoms with E-state index >= 15 is 0 Å². The van der Waals surface area contributed by atoms with Gasteiger partial charge in [0.1, 0.15) is 0 Å². The molecule has 0 aromatic rings. The van der Waals surface area contributed by atoms with Gasteiger partial charge in [0.05, 0.1) is 12.7 Å². The molecule has 2 aliphatic rings. The van der Waals surface area contributed by atoms with E-state index in [1.54, 1.807) is 0 Å². The van der Waals surface area contributed by atoms with Crippen molar-refractivity contribution in [3.63, 3.8) is 0 Å². The van der Waals surface area contributed by atoms with Crippen LogP contribution in [-0.2, 0) is 9.53 Å². The van der Waals surface area contributed by atoms with Crippen molar-refractivity contribution >= 4 is 5.91 Å². The molecule has 104 valence electrons. The van der Waals surface area contributed by atoms with Crippen molar-refractivity contribution in [1.82, 2.24) is 10.2 Å². The predicted molar refractivity (Wildman–Crippen MR) is 70.2 cm³/mol. The van der Waals surface area contributed by atoms with E-state index in [1.807, 2.05) is 0 Å². The lowest BCUT2D eigenvalue weighted by Gasteiger charge is -2.37. The molecule has 1 amide bonds. The molecule has 2 fully saturated rings. The van der Waals surface area contributed by atoms with E-state index in [1.165, 1.54) is 0 Å². The molecular weight excluding hydrogens is 230 g/mol. The summed E-state index contributed by atoms with van der Waals surface area (Å²) in [6.45, 7) is 5.20. The number of carbonyl (C=O) groups is 1. The Labute approximate surface area is 109 Å². The third kappa shape index (κ3) is 3.93. The van der Waals surface area contributed by atoms with Crippen molar-refractivity contribution < 1.29 is 9.53 Å². The highest BCUT2D eigenvalue weighted by atomic mass is 16.5. The summed E-state index contributed by atoms with van der Waals surface area (Å²) in [5.74, 6) is 0.146. The SMILES string of the molecule is CCC1CN(C(CN)CC(=O)NC2CC2)CCO1. The molecule has 1 heterocycles. The van der Waals surface area contributed by atoms with Crippen molar-refractivity contribution in [3.05, 3.63) is 0 Å². The molecule has 0 radical (unpaired) electrons. The Kier molecular flexibility index (Phi) is 4.97. The average molecular weight is 255 g/mol. The van der Waals surface area contributed by atoms with Crippen molar-refractivity contribution in [2.75, 3.05) is 26.2 Å². The van der Waals surface area contributed by atoms with Crippen LogP contribution in [0.5, 0.6) is 0 Å². The maximum atomic E-state index is 11.8. The summed E-state index contributed by atoms with van der Waals surface area (Å²) < 4.78 is 5.65. The molecule has 0 spiro atoms. The van der Waals surface area contributed by atoms with Crippen LogP contribution in [0.3, 0.4) is 0 Å². The van der Waals surface area contributed by atoms with E-state index in [0.29, 0.717) is 25.1 Å². The van der Waals surface area contributed by atoms with Gasteiger partial charge in [-0.25, -0.2) is 0 Å². The van der Waals surface area contributed by atoms with Crippen molar-refractivity contribution in [2.24, 2.45) is 5.73 Å². The van der Waals surface area contributed by atoms with E-state index in [9.17, 15) is 4.79 Å². The molecule has 0 bridgehead atoms. The normalized spacial score (nSPS) is 26.9. The number of hydrogen-bond donors (Lipinski definition) is 2. The highest BCUT2D eigenvalue weighted by molar-refractivity contribution is 5.77. The molecule has 2 unspecified atom stereocenters.